The Morgan fingerprint density at radius 1 is 1.11 bits per heavy atom. The van der Waals surface area contributed by atoms with Gasteiger partial charge in [0.25, 0.3) is 5.91 Å². The first-order valence-corrected chi connectivity index (χ1v) is 14.4. The number of carboxylic acids is 1. The number of halogens is 1. The standard InChI is InChI=1S/C35H34FN3O5/c1-4-29(20-37-23(3)39-16-14-24(15-17-39)21-43-30-7-5-6-27(18-30)35(41)42)38-34(40)33-22(2)31-19-26(10-13-32(31)44-33)25-8-11-28(36)12-9-25/h4-13,18-20,24H,1,14-17,21H2,2-3H3,(H,38,40)(H,41,42)/b29-20+,37-23?. The van der Waals surface area contributed by atoms with Gasteiger partial charge in [-0.3, -0.25) is 4.79 Å². The second-order valence-electron chi connectivity index (χ2n) is 10.8. The summed E-state index contributed by atoms with van der Waals surface area (Å²) in [5, 5.41) is 12.8. The number of aryl methyl sites for hydroxylation is 1. The van der Waals surface area contributed by atoms with E-state index in [-0.39, 0.29) is 17.1 Å². The molecule has 0 aliphatic carbocycles. The molecule has 0 radical (unpaired) electrons. The molecule has 226 valence electrons. The molecule has 1 aliphatic rings. The van der Waals surface area contributed by atoms with Crippen LogP contribution in [0, 0.1) is 18.7 Å². The van der Waals surface area contributed by atoms with Crippen LogP contribution in [0.1, 0.15) is 46.2 Å². The van der Waals surface area contributed by atoms with Crippen molar-refractivity contribution in [3.63, 3.8) is 0 Å². The number of amides is 1. The number of likely N-dealkylation sites (tertiary alicyclic amines) is 1. The van der Waals surface area contributed by atoms with Gasteiger partial charge < -0.3 is 24.5 Å². The van der Waals surface area contributed by atoms with Crippen LogP contribution in [0.5, 0.6) is 5.75 Å². The Balaban J connectivity index is 1.18. The fourth-order valence-corrected chi connectivity index (χ4v) is 5.18. The molecule has 0 spiro atoms. The van der Waals surface area contributed by atoms with E-state index in [0.717, 1.165) is 48.3 Å². The van der Waals surface area contributed by atoms with Crippen LogP contribution in [-0.4, -0.2) is 47.4 Å². The lowest BCUT2D eigenvalue weighted by molar-refractivity contribution is 0.0696. The number of carboxylic acid groups (broad SMARTS) is 1. The molecule has 44 heavy (non-hydrogen) atoms. The normalized spacial score (nSPS) is 14.5. The van der Waals surface area contributed by atoms with Gasteiger partial charge in [0.1, 0.15) is 23.0 Å². The van der Waals surface area contributed by atoms with Gasteiger partial charge in [0, 0.05) is 24.0 Å². The zero-order chi connectivity index (χ0) is 31.2. The van der Waals surface area contributed by atoms with E-state index >= 15 is 0 Å². The minimum absolute atomic E-state index is 0.198. The molecule has 0 bridgehead atoms. The van der Waals surface area contributed by atoms with Crippen molar-refractivity contribution in [3.05, 3.63) is 114 Å². The molecule has 5 rings (SSSR count). The van der Waals surface area contributed by atoms with Crippen molar-refractivity contribution in [2.24, 2.45) is 10.9 Å². The molecule has 1 amide bonds. The number of nitrogens with zero attached hydrogens (tertiary/aromatic N) is 2. The zero-order valence-corrected chi connectivity index (χ0v) is 24.7. The minimum atomic E-state index is -0.977. The maximum atomic E-state index is 13.4. The summed E-state index contributed by atoms with van der Waals surface area (Å²) in [5.74, 6) is 0.245. The second-order valence-corrected chi connectivity index (χ2v) is 10.8. The Labute approximate surface area is 255 Å². The average Bonchev–Trinajstić information content (AvgIpc) is 3.38. The van der Waals surface area contributed by atoms with Gasteiger partial charge in [-0.15, -0.1) is 0 Å². The molecule has 2 heterocycles. The number of rotatable bonds is 9. The van der Waals surface area contributed by atoms with Gasteiger partial charge in [0.2, 0.25) is 0 Å². The Morgan fingerprint density at radius 2 is 1.84 bits per heavy atom. The van der Waals surface area contributed by atoms with Crippen molar-refractivity contribution in [1.82, 2.24) is 10.2 Å². The van der Waals surface area contributed by atoms with Gasteiger partial charge in [-0.05, 0) is 92.3 Å². The number of hydrogen-bond acceptors (Lipinski definition) is 5. The number of benzene rings is 3. The molecule has 1 aliphatic heterocycles. The number of carbonyl (C=O) groups excluding carboxylic acids is 1. The molecule has 0 saturated carbocycles. The lowest BCUT2D eigenvalue weighted by Crippen LogP contribution is -2.38. The monoisotopic (exact) mass is 595 g/mol. The van der Waals surface area contributed by atoms with E-state index in [1.807, 2.05) is 32.0 Å². The van der Waals surface area contributed by atoms with Crippen LogP contribution < -0.4 is 10.1 Å². The summed E-state index contributed by atoms with van der Waals surface area (Å²) in [4.78, 5) is 31.1. The fourth-order valence-electron chi connectivity index (χ4n) is 5.18. The van der Waals surface area contributed by atoms with Crippen molar-refractivity contribution >= 4 is 28.7 Å². The van der Waals surface area contributed by atoms with Crippen molar-refractivity contribution in [3.8, 4) is 16.9 Å². The number of amidine groups is 1. The predicted molar refractivity (Wildman–Crippen MR) is 168 cm³/mol. The zero-order valence-electron chi connectivity index (χ0n) is 24.7. The van der Waals surface area contributed by atoms with Crippen LogP contribution >= 0.6 is 0 Å². The minimum Gasteiger partial charge on any atom is -0.493 e. The number of piperidine rings is 1. The third-order valence-electron chi connectivity index (χ3n) is 7.83. The maximum Gasteiger partial charge on any atom is 0.335 e. The summed E-state index contributed by atoms with van der Waals surface area (Å²) in [7, 11) is 0. The molecule has 3 aromatic carbocycles. The molecular weight excluding hydrogens is 561 g/mol. The Bertz CT molecular complexity index is 1750. The predicted octanol–water partition coefficient (Wildman–Crippen LogP) is 7.21. The van der Waals surface area contributed by atoms with Gasteiger partial charge in [-0.2, -0.15) is 0 Å². The number of aromatic carboxylic acids is 1. The topological polar surface area (TPSA) is 104 Å². The molecule has 2 N–H and O–H groups in total. The van der Waals surface area contributed by atoms with E-state index in [1.165, 1.54) is 24.3 Å². The van der Waals surface area contributed by atoms with Gasteiger partial charge in [0.05, 0.1) is 24.1 Å². The van der Waals surface area contributed by atoms with Crippen LogP contribution in [0.3, 0.4) is 0 Å². The second kappa shape index (κ2) is 13.4. The molecule has 0 atom stereocenters. The van der Waals surface area contributed by atoms with E-state index in [4.69, 9.17) is 14.3 Å². The van der Waals surface area contributed by atoms with Crippen LogP contribution in [0.4, 0.5) is 4.39 Å². The number of aliphatic imine (C=N–C) groups is 1. The smallest absolute Gasteiger partial charge is 0.335 e. The number of ether oxygens (including phenoxy) is 1. The lowest BCUT2D eigenvalue weighted by Gasteiger charge is -2.33. The van der Waals surface area contributed by atoms with Crippen LogP contribution in [0.25, 0.3) is 22.1 Å². The van der Waals surface area contributed by atoms with Gasteiger partial charge in [-0.25, -0.2) is 14.2 Å². The summed E-state index contributed by atoms with van der Waals surface area (Å²) >= 11 is 0. The van der Waals surface area contributed by atoms with Crippen molar-refractivity contribution in [2.75, 3.05) is 19.7 Å². The molecule has 8 nitrogen and oxygen atoms in total. The van der Waals surface area contributed by atoms with Crippen molar-refractivity contribution in [2.45, 2.75) is 26.7 Å². The number of furan rings is 1. The van der Waals surface area contributed by atoms with E-state index in [1.54, 1.807) is 36.5 Å². The summed E-state index contributed by atoms with van der Waals surface area (Å²) in [6.45, 7) is 9.71. The molecule has 0 unspecified atom stereocenters. The van der Waals surface area contributed by atoms with E-state index in [2.05, 4.69) is 21.8 Å². The number of fused-ring (bicyclic) bond motifs is 1. The van der Waals surface area contributed by atoms with Gasteiger partial charge in [0.15, 0.2) is 5.76 Å². The highest BCUT2D eigenvalue weighted by Crippen LogP contribution is 2.30. The average molecular weight is 596 g/mol. The number of allylic oxidation sites excluding steroid dienone is 1. The molecule has 9 heteroatoms. The van der Waals surface area contributed by atoms with Gasteiger partial charge in [-0.1, -0.05) is 30.8 Å². The summed E-state index contributed by atoms with van der Waals surface area (Å²) in [6.07, 6.45) is 4.93. The first-order valence-electron chi connectivity index (χ1n) is 14.4. The third kappa shape index (κ3) is 7.06. The lowest BCUT2D eigenvalue weighted by atomic mass is 9.98. The number of carbonyl (C=O) groups is 2. The van der Waals surface area contributed by atoms with Crippen molar-refractivity contribution < 1.29 is 28.2 Å². The number of nitrogens with one attached hydrogen (secondary N) is 1. The summed E-state index contributed by atoms with van der Waals surface area (Å²) in [5.41, 5.74) is 3.69. The molecule has 1 fully saturated rings. The Morgan fingerprint density at radius 3 is 2.55 bits per heavy atom. The molecule has 1 aromatic heterocycles. The Hall–Kier alpha value is -5.18. The van der Waals surface area contributed by atoms with E-state index in [0.29, 0.717) is 35.1 Å². The number of hydrogen-bond donors (Lipinski definition) is 2. The fraction of sp³-hybridized carbons (Fsp3) is 0.229. The first kappa shape index (κ1) is 30.3. The van der Waals surface area contributed by atoms with E-state index in [9.17, 15) is 14.0 Å². The highest BCUT2D eigenvalue weighted by molar-refractivity contribution is 6.00. The molecular formula is C35H34FN3O5. The third-order valence-corrected chi connectivity index (χ3v) is 7.83. The van der Waals surface area contributed by atoms with Crippen molar-refractivity contribution in [1.29, 1.82) is 0 Å². The van der Waals surface area contributed by atoms with Crippen LogP contribution in [-0.2, 0) is 0 Å². The SMILES string of the molecule is C=C/C(=C\N=C(C)N1CCC(COc2cccc(C(=O)O)c2)CC1)NC(=O)c1oc2ccc(-c3ccc(F)cc3)cc2c1C. The highest BCUT2D eigenvalue weighted by atomic mass is 19.1. The highest BCUT2D eigenvalue weighted by Gasteiger charge is 2.21. The summed E-state index contributed by atoms with van der Waals surface area (Å²) < 4.78 is 25.1. The van der Waals surface area contributed by atoms with E-state index < -0.39 is 11.9 Å². The largest absolute Gasteiger partial charge is 0.493 e. The maximum absolute atomic E-state index is 13.4. The molecule has 1 saturated heterocycles. The summed E-state index contributed by atoms with van der Waals surface area (Å²) in [6, 6.07) is 18.4. The molecule has 4 aromatic rings. The Kier molecular flexibility index (Phi) is 9.23. The van der Waals surface area contributed by atoms with Crippen LogP contribution in [0.15, 0.2) is 101 Å². The van der Waals surface area contributed by atoms with Crippen LogP contribution in [0.2, 0.25) is 0 Å². The first-order chi connectivity index (χ1) is 21.2. The van der Waals surface area contributed by atoms with Gasteiger partial charge >= 0.3 is 5.97 Å². The quantitative estimate of drug-likeness (QED) is 0.120.